The molecule has 0 spiro atoms. The first-order chi connectivity index (χ1) is 6.60. The summed E-state index contributed by atoms with van der Waals surface area (Å²) in [5.41, 5.74) is 2.48. The smallest absolute Gasteiger partial charge is 0.205 e. The maximum absolute atomic E-state index is 10.9. The topological polar surface area (TPSA) is 79.5 Å². The van der Waals surface area contributed by atoms with Gasteiger partial charge in [0.15, 0.2) is 0 Å². The molecule has 14 heavy (non-hydrogen) atoms. The van der Waals surface area contributed by atoms with Gasteiger partial charge in [0, 0.05) is 35.4 Å². The average Bonchev–Trinajstić information content (AvgIpc) is 2.10. The molecule has 0 aliphatic heterocycles. The fourth-order valence-electron chi connectivity index (χ4n) is 0.984. The molecule has 0 aromatic carbocycles. The van der Waals surface area contributed by atoms with E-state index in [1.54, 1.807) is 6.26 Å². The largest absolute Gasteiger partial charge is 0.352 e. The van der Waals surface area contributed by atoms with Gasteiger partial charge in [0.05, 0.1) is 0 Å². The van der Waals surface area contributed by atoms with Crippen molar-refractivity contribution in [2.75, 3.05) is 18.6 Å². The van der Waals surface area contributed by atoms with Gasteiger partial charge in [-0.15, -0.1) is 0 Å². The van der Waals surface area contributed by atoms with Gasteiger partial charge in [-0.25, -0.2) is 5.84 Å². The van der Waals surface area contributed by atoms with E-state index in [-0.39, 0.29) is 6.04 Å². The van der Waals surface area contributed by atoms with Crippen LogP contribution in [0.5, 0.6) is 0 Å². The summed E-state index contributed by atoms with van der Waals surface area (Å²) in [5.74, 6) is 6.42. The first kappa shape index (κ1) is 13.4. The third kappa shape index (κ3) is 6.85. The van der Waals surface area contributed by atoms with Gasteiger partial charge in [0.1, 0.15) is 0 Å². The molecule has 6 heteroatoms. The Morgan fingerprint density at radius 1 is 1.64 bits per heavy atom. The maximum atomic E-state index is 10.9. The van der Waals surface area contributed by atoms with E-state index < -0.39 is 10.8 Å². The molecule has 0 aliphatic rings. The van der Waals surface area contributed by atoms with E-state index >= 15 is 0 Å². The molecule has 0 radical (unpaired) electrons. The Morgan fingerprint density at radius 3 is 2.71 bits per heavy atom. The molecule has 5 nitrogen and oxygen atoms in total. The second kappa shape index (κ2) is 7.75. The molecule has 0 amide bonds. The molecule has 2 atom stereocenters. The zero-order valence-corrected chi connectivity index (χ0v) is 9.86. The van der Waals surface area contributed by atoms with Gasteiger partial charge >= 0.3 is 0 Å². The van der Waals surface area contributed by atoms with E-state index in [9.17, 15) is 4.21 Å². The number of rotatable bonds is 5. The van der Waals surface area contributed by atoms with Crippen LogP contribution in [-0.2, 0) is 10.8 Å². The normalized spacial score (nSPS) is 16.1. The zero-order chi connectivity index (χ0) is 11.0. The number of hydrogen-bond donors (Lipinski definition) is 3. The number of nitrogens with two attached hydrogens (primary N) is 1. The molecule has 0 aromatic heterocycles. The maximum Gasteiger partial charge on any atom is 0.205 e. The molecule has 0 bridgehead atoms. The lowest BCUT2D eigenvalue weighted by Crippen LogP contribution is -2.47. The van der Waals surface area contributed by atoms with Crippen molar-refractivity contribution in [3.8, 4) is 0 Å². The Bertz CT molecular complexity index is 208. The molecular formula is C8H20N4OS. The highest BCUT2D eigenvalue weighted by Crippen LogP contribution is 1.86. The SMILES string of the molecule is CCCN=C(NN)NC(C)CS(C)=O. The van der Waals surface area contributed by atoms with Gasteiger partial charge in [-0.05, 0) is 13.3 Å². The predicted molar refractivity (Wildman–Crippen MR) is 61.4 cm³/mol. The molecule has 84 valence electrons. The lowest BCUT2D eigenvalue weighted by atomic mass is 10.4. The van der Waals surface area contributed by atoms with Crippen LogP contribution < -0.4 is 16.6 Å². The fraction of sp³-hybridized carbons (Fsp3) is 0.875. The van der Waals surface area contributed by atoms with Gasteiger partial charge in [-0.1, -0.05) is 6.92 Å². The zero-order valence-electron chi connectivity index (χ0n) is 9.04. The number of hydrazine groups is 1. The minimum Gasteiger partial charge on any atom is -0.352 e. The summed E-state index contributed by atoms with van der Waals surface area (Å²) in [7, 11) is -0.806. The van der Waals surface area contributed by atoms with Gasteiger partial charge < -0.3 is 5.32 Å². The monoisotopic (exact) mass is 220 g/mol. The predicted octanol–water partition coefficient (Wildman–Crippen LogP) is -0.428. The molecule has 2 unspecified atom stereocenters. The summed E-state index contributed by atoms with van der Waals surface area (Å²) >= 11 is 0. The molecule has 0 fully saturated rings. The minimum atomic E-state index is -0.806. The van der Waals surface area contributed by atoms with E-state index in [4.69, 9.17) is 5.84 Å². The van der Waals surface area contributed by atoms with E-state index in [2.05, 4.69) is 15.7 Å². The van der Waals surface area contributed by atoms with Crippen LogP contribution >= 0.6 is 0 Å². The summed E-state index contributed by atoms with van der Waals surface area (Å²) in [6, 6.07) is 0.104. The highest BCUT2D eigenvalue weighted by Gasteiger charge is 2.05. The van der Waals surface area contributed by atoms with Crippen LogP contribution in [0.1, 0.15) is 20.3 Å². The van der Waals surface area contributed by atoms with Crippen molar-refractivity contribution >= 4 is 16.8 Å². The molecule has 0 rings (SSSR count). The number of hydrogen-bond acceptors (Lipinski definition) is 3. The lowest BCUT2D eigenvalue weighted by Gasteiger charge is -2.15. The molecular weight excluding hydrogens is 200 g/mol. The molecule has 0 aromatic rings. The number of nitrogens with zero attached hydrogens (tertiary/aromatic N) is 1. The van der Waals surface area contributed by atoms with Gasteiger partial charge in [-0.3, -0.25) is 14.6 Å². The quantitative estimate of drug-likeness (QED) is 0.254. The number of aliphatic imine (C=N–C) groups is 1. The van der Waals surface area contributed by atoms with Gasteiger partial charge in [0.25, 0.3) is 0 Å². The van der Waals surface area contributed by atoms with Crippen LogP contribution in [0, 0.1) is 0 Å². The lowest BCUT2D eigenvalue weighted by molar-refractivity contribution is 0.665. The second-order valence-corrected chi connectivity index (χ2v) is 4.64. The van der Waals surface area contributed by atoms with Crippen molar-refractivity contribution < 1.29 is 4.21 Å². The minimum absolute atomic E-state index is 0.104. The molecule has 0 aliphatic carbocycles. The average molecular weight is 220 g/mol. The van der Waals surface area contributed by atoms with Crippen LogP contribution in [0.25, 0.3) is 0 Å². The van der Waals surface area contributed by atoms with E-state index in [1.807, 2.05) is 13.8 Å². The van der Waals surface area contributed by atoms with Gasteiger partial charge in [-0.2, -0.15) is 0 Å². The Morgan fingerprint density at radius 2 is 2.29 bits per heavy atom. The van der Waals surface area contributed by atoms with Gasteiger partial charge in [0.2, 0.25) is 5.96 Å². The Hall–Kier alpha value is -0.620. The summed E-state index contributed by atoms with van der Waals surface area (Å²) in [4.78, 5) is 4.18. The summed E-state index contributed by atoms with van der Waals surface area (Å²) in [5, 5.41) is 3.05. The molecule has 0 saturated carbocycles. The van der Waals surface area contributed by atoms with Crippen molar-refractivity contribution in [3.63, 3.8) is 0 Å². The van der Waals surface area contributed by atoms with Crippen molar-refractivity contribution in [3.05, 3.63) is 0 Å². The second-order valence-electron chi connectivity index (χ2n) is 3.16. The first-order valence-corrected chi connectivity index (χ1v) is 6.40. The fourth-order valence-corrected chi connectivity index (χ4v) is 1.77. The van der Waals surface area contributed by atoms with E-state index in [0.29, 0.717) is 11.7 Å². The van der Waals surface area contributed by atoms with Crippen LogP contribution in [0.2, 0.25) is 0 Å². The van der Waals surface area contributed by atoms with Crippen molar-refractivity contribution in [2.24, 2.45) is 10.8 Å². The van der Waals surface area contributed by atoms with Crippen LogP contribution in [0.3, 0.4) is 0 Å². The summed E-state index contributed by atoms with van der Waals surface area (Å²) in [6.07, 6.45) is 2.65. The van der Waals surface area contributed by atoms with Crippen molar-refractivity contribution in [2.45, 2.75) is 26.3 Å². The highest BCUT2D eigenvalue weighted by molar-refractivity contribution is 7.84. The summed E-state index contributed by atoms with van der Waals surface area (Å²) < 4.78 is 10.9. The van der Waals surface area contributed by atoms with Crippen LogP contribution in [0.15, 0.2) is 4.99 Å². The standard InChI is InChI=1S/C8H20N4OS/c1-4-5-10-8(12-9)11-7(2)6-14(3)13/h7H,4-6,9H2,1-3H3,(H2,10,11,12). The van der Waals surface area contributed by atoms with Crippen LogP contribution in [-0.4, -0.2) is 34.8 Å². The molecule has 0 saturated heterocycles. The summed E-state index contributed by atoms with van der Waals surface area (Å²) in [6.45, 7) is 4.72. The van der Waals surface area contributed by atoms with Crippen molar-refractivity contribution in [1.29, 1.82) is 0 Å². The first-order valence-electron chi connectivity index (χ1n) is 4.67. The van der Waals surface area contributed by atoms with Crippen LogP contribution in [0.4, 0.5) is 0 Å². The third-order valence-corrected chi connectivity index (χ3v) is 2.47. The third-order valence-electron chi connectivity index (χ3n) is 1.50. The Kier molecular flexibility index (Phi) is 7.41. The van der Waals surface area contributed by atoms with Crippen molar-refractivity contribution in [1.82, 2.24) is 10.7 Å². The molecule has 4 N–H and O–H groups in total. The molecule has 0 heterocycles. The Labute approximate surface area is 88.0 Å². The number of nitrogens with one attached hydrogen (secondary N) is 2. The Balaban J connectivity index is 3.97. The number of guanidine groups is 1. The van der Waals surface area contributed by atoms with E-state index in [0.717, 1.165) is 13.0 Å². The van der Waals surface area contributed by atoms with E-state index in [1.165, 1.54) is 0 Å². The highest BCUT2D eigenvalue weighted by atomic mass is 32.2.